The Kier molecular flexibility index (Phi) is 6.53. The van der Waals surface area contributed by atoms with Crippen LogP contribution in [0.25, 0.3) is 0 Å². The highest BCUT2D eigenvalue weighted by molar-refractivity contribution is 7.77. The van der Waals surface area contributed by atoms with Crippen molar-refractivity contribution in [3.63, 3.8) is 0 Å². The first-order valence-corrected chi connectivity index (χ1v) is 10.2. The van der Waals surface area contributed by atoms with Crippen molar-refractivity contribution < 1.29 is 14.0 Å². The van der Waals surface area contributed by atoms with Crippen LogP contribution < -0.4 is 0 Å². The third kappa shape index (κ3) is 4.35. The maximum Gasteiger partial charge on any atom is 0.148 e. The fraction of sp³-hybridized carbons (Fsp3) is 0.882. The summed E-state index contributed by atoms with van der Waals surface area (Å²) in [7, 11) is 6.82. The maximum absolute atomic E-state index is 5.97. The molecule has 2 rings (SSSR count). The quantitative estimate of drug-likeness (QED) is 0.306. The monoisotopic (exact) mass is 324 g/mol. The minimum absolute atomic E-state index is 0.00987. The molecule has 1 saturated heterocycles. The van der Waals surface area contributed by atoms with Crippen LogP contribution in [0.3, 0.4) is 0 Å². The largest absolute Gasteiger partial charge is 0.378 e. The van der Waals surface area contributed by atoms with Crippen molar-refractivity contribution in [3.05, 3.63) is 11.6 Å². The Labute approximate surface area is 138 Å². The van der Waals surface area contributed by atoms with Crippen LogP contribution in [-0.2, 0) is 14.0 Å². The lowest BCUT2D eigenvalue weighted by Gasteiger charge is -2.42. The van der Waals surface area contributed by atoms with Crippen molar-refractivity contribution >= 4 is 15.6 Å². The normalized spacial score (nSPS) is 36.8. The Morgan fingerprint density at radius 2 is 2.18 bits per heavy atom. The van der Waals surface area contributed by atoms with Crippen molar-refractivity contribution in [2.24, 2.45) is 11.8 Å². The van der Waals surface area contributed by atoms with E-state index in [0.717, 1.165) is 31.8 Å². The molecule has 0 aromatic carbocycles. The molecule has 0 bridgehead atoms. The number of allylic oxidation sites excluding steroid dienone is 1. The van der Waals surface area contributed by atoms with Crippen LogP contribution >= 0.6 is 8.03 Å². The summed E-state index contributed by atoms with van der Waals surface area (Å²) in [6.45, 7) is 9.55. The number of methoxy groups -OCH3 is 1. The van der Waals surface area contributed by atoms with E-state index in [1.807, 2.05) is 6.66 Å². The third-order valence-electron chi connectivity index (χ3n) is 4.90. The summed E-state index contributed by atoms with van der Waals surface area (Å²) < 4.78 is 17.7. The van der Waals surface area contributed by atoms with E-state index in [0.29, 0.717) is 5.92 Å². The topological polar surface area (TPSA) is 31.0 Å². The van der Waals surface area contributed by atoms with E-state index in [1.54, 1.807) is 7.11 Å². The van der Waals surface area contributed by atoms with Gasteiger partial charge in [0, 0.05) is 13.0 Å². The van der Waals surface area contributed by atoms with Gasteiger partial charge in [0.1, 0.15) is 13.2 Å². The first kappa shape index (κ1) is 18.5. The minimum atomic E-state index is -0.864. The molecule has 1 aliphatic carbocycles. The van der Waals surface area contributed by atoms with Crippen molar-refractivity contribution in [2.75, 3.05) is 20.4 Å². The second-order valence-corrected chi connectivity index (χ2v) is 8.48. The summed E-state index contributed by atoms with van der Waals surface area (Å²) in [6.07, 6.45) is 6.85. The molecule has 124 valence electrons. The first-order chi connectivity index (χ1) is 10.4. The van der Waals surface area contributed by atoms with E-state index < -0.39 is 8.03 Å². The summed E-state index contributed by atoms with van der Waals surface area (Å²) >= 11 is 0. The van der Waals surface area contributed by atoms with Gasteiger partial charge in [-0.1, -0.05) is 25.5 Å². The molecule has 0 aromatic heterocycles. The van der Waals surface area contributed by atoms with Gasteiger partial charge in [-0.2, -0.15) is 0 Å². The van der Waals surface area contributed by atoms with Gasteiger partial charge >= 0.3 is 0 Å². The molecule has 0 amide bonds. The van der Waals surface area contributed by atoms with Gasteiger partial charge in [0.25, 0.3) is 0 Å². The lowest BCUT2D eigenvalue weighted by Crippen LogP contribution is -2.49. The SMILES string of the molecule is [B]P(C)O[C@@H]1CC[C@]2(CO2)[C@@H](/C(C)=C/CCC(C)C)[C@@H]1OC. The molecule has 2 fully saturated rings. The number of hydrogen-bond acceptors (Lipinski definition) is 3. The van der Waals surface area contributed by atoms with E-state index in [-0.39, 0.29) is 17.8 Å². The maximum atomic E-state index is 5.97. The summed E-state index contributed by atoms with van der Waals surface area (Å²) in [5.41, 5.74) is 1.38. The highest BCUT2D eigenvalue weighted by atomic mass is 31.1. The highest BCUT2D eigenvalue weighted by Crippen LogP contribution is 2.52. The van der Waals surface area contributed by atoms with Gasteiger partial charge in [-0.15, -0.1) is 0 Å². The van der Waals surface area contributed by atoms with Crippen LogP contribution in [-0.4, -0.2) is 45.8 Å². The average molecular weight is 324 g/mol. The van der Waals surface area contributed by atoms with Crippen LogP contribution in [0.2, 0.25) is 0 Å². The molecule has 1 heterocycles. The number of rotatable bonds is 7. The van der Waals surface area contributed by atoms with E-state index in [1.165, 1.54) is 12.0 Å². The van der Waals surface area contributed by atoms with E-state index >= 15 is 0 Å². The molecular weight excluding hydrogens is 294 g/mol. The van der Waals surface area contributed by atoms with Crippen LogP contribution in [0.4, 0.5) is 0 Å². The Morgan fingerprint density at radius 1 is 1.50 bits per heavy atom. The molecule has 5 heteroatoms. The van der Waals surface area contributed by atoms with Crippen LogP contribution in [0.1, 0.15) is 46.5 Å². The molecule has 2 radical (unpaired) electrons. The Balaban J connectivity index is 2.12. The van der Waals surface area contributed by atoms with E-state index in [2.05, 4.69) is 26.8 Å². The van der Waals surface area contributed by atoms with Crippen LogP contribution in [0.5, 0.6) is 0 Å². The number of hydrogen-bond donors (Lipinski definition) is 0. The lowest BCUT2D eigenvalue weighted by atomic mass is 9.72. The Hall–Kier alpha value is 0.115. The van der Waals surface area contributed by atoms with Crippen molar-refractivity contribution in [3.8, 4) is 0 Å². The summed E-state index contributed by atoms with van der Waals surface area (Å²) in [6, 6.07) is 0. The van der Waals surface area contributed by atoms with Gasteiger partial charge in [-0.05, 0) is 53.2 Å². The lowest BCUT2D eigenvalue weighted by molar-refractivity contribution is -0.0705. The molecule has 0 N–H and O–H groups in total. The summed E-state index contributed by atoms with van der Waals surface area (Å²) in [4.78, 5) is 0. The second-order valence-electron chi connectivity index (χ2n) is 7.18. The standard InChI is InChI=1S/C17H30BO3P/c1-12(2)7-6-8-13(3)15-16(19-4)14(21-22(5)18)9-10-17(15)11-20-17/h8,12,14-16H,6-7,9-11H2,1-5H3/b13-8+/t14-,15+,16-,17+,22?/m1/s1. The summed E-state index contributed by atoms with van der Waals surface area (Å²) in [5.74, 6) is 1.02. The van der Waals surface area contributed by atoms with Crippen LogP contribution in [0.15, 0.2) is 11.6 Å². The fourth-order valence-electron chi connectivity index (χ4n) is 3.70. The van der Waals surface area contributed by atoms with Crippen LogP contribution in [0, 0.1) is 11.8 Å². The second kappa shape index (κ2) is 7.79. The smallest absolute Gasteiger partial charge is 0.148 e. The molecule has 2 aliphatic rings. The zero-order chi connectivity index (χ0) is 16.3. The molecular formula is C17H30BO3P. The Bertz CT molecular complexity index is 393. The highest BCUT2D eigenvalue weighted by Gasteiger charge is 2.59. The number of ether oxygens (including phenoxy) is 2. The molecule has 1 unspecified atom stereocenters. The molecule has 22 heavy (non-hydrogen) atoms. The van der Waals surface area contributed by atoms with Crippen molar-refractivity contribution in [2.45, 2.75) is 64.3 Å². The van der Waals surface area contributed by atoms with Gasteiger partial charge < -0.3 is 14.0 Å². The van der Waals surface area contributed by atoms with Gasteiger partial charge in [0.2, 0.25) is 0 Å². The minimum Gasteiger partial charge on any atom is -0.378 e. The van der Waals surface area contributed by atoms with Crippen molar-refractivity contribution in [1.29, 1.82) is 0 Å². The van der Waals surface area contributed by atoms with Gasteiger partial charge in [0.05, 0.1) is 18.8 Å². The zero-order valence-corrected chi connectivity index (χ0v) is 15.6. The molecule has 0 aromatic rings. The van der Waals surface area contributed by atoms with Gasteiger partial charge in [-0.3, -0.25) is 0 Å². The molecule has 3 nitrogen and oxygen atoms in total. The molecule has 5 atom stereocenters. The van der Waals surface area contributed by atoms with E-state index in [9.17, 15) is 0 Å². The third-order valence-corrected chi connectivity index (χ3v) is 5.51. The van der Waals surface area contributed by atoms with E-state index in [4.69, 9.17) is 21.6 Å². The van der Waals surface area contributed by atoms with Crippen molar-refractivity contribution in [1.82, 2.24) is 0 Å². The average Bonchev–Trinajstić information content (AvgIpc) is 3.19. The number of epoxide rings is 1. The predicted octanol–water partition coefficient (Wildman–Crippen LogP) is 4.06. The zero-order valence-electron chi connectivity index (χ0n) is 14.7. The Morgan fingerprint density at radius 3 is 2.68 bits per heavy atom. The molecule has 1 spiro atoms. The fourth-order valence-corrected chi connectivity index (χ4v) is 4.35. The molecule has 1 saturated carbocycles. The van der Waals surface area contributed by atoms with Gasteiger partial charge in [-0.25, -0.2) is 0 Å². The summed E-state index contributed by atoms with van der Waals surface area (Å²) in [5, 5.41) is 0. The predicted molar refractivity (Wildman–Crippen MR) is 93.5 cm³/mol. The van der Waals surface area contributed by atoms with Gasteiger partial charge in [0.15, 0.2) is 0 Å². The first-order valence-electron chi connectivity index (χ1n) is 8.38. The molecule has 1 aliphatic heterocycles.